The number of aromatic nitrogens is 2. The molecule has 0 atom stereocenters. The molecule has 3 heterocycles. The first kappa shape index (κ1) is 17.6. The minimum absolute atomic E-state index is 0.405. The van der Waals surface area contributed by atoms with Gasteiger partial charge in [0.15, 0.2) is 0 Å². The van der Waals surface area contributed by atoms with E-state index in [1.54, 1.807) is 10.4 Å². The fourth-order valence-corrected chi connectivity index (χ4v) is 6.17. The molecule has 5 nitrogen and oxygen atoms in total. The van der Waals surface area contributed by atoms with Gasteiger partial charge in [0.25, 0.3) is 10.0 Å². The summed E-state index contributed by atoms with van der Waals surface area (Å²) in [5.41, 5.74) is 0. The molecule has 0 N–H and O–H groups in total. The third-order valence-corrected chi connectivity index (χ3v) is 7.97. The molecule has 0 aromatic carbocycles. The fourth-order valence-electron chi connectivity index (χ4n) is 3.26. The lowest BCUT2D eigenvalue weighted by Gasteiger charge is -2.31. The molecule has 2 aromatic heterocycles. The second-order valence-electron chi connectivity index (χ2n) is 6.81. The zero-order valence-electron chi connectivity index (χ0n) is 14.5. The second kappa shape index (κ2) is 6.98. The highest BCUT2D eigenvalue weighted by Crippen LogP contribution is 2.29. The third kappa shape index (κ3) is 3.58. The molecule has 1 fully saturated rings. The van der Waals surface area contributed by atoms with E-state index in [4.69, 9.17) is 0 Å². The number of piperidine rings is 1. The first-order chi connectivity index (χ1) is 11.4. The van der Waals surface area contributed by atoms with E-state index in [-0.39, 0.29) is 0 Å². The summed E-state index contributed by atoms with van der Waals surface area (Å²) >= 11 is 1.36. The van der Waals surface area contributed by atoms with Gasteiger partial charge in [-0.15, -0.1) is 11.3 Å². The van der Waals surface area contributed by atoms with Crippen molar-refractivity contribution in [3.63, 3.8) is 0 Å². The van der Waals surface area contributed by atoms with E-state index in [2.05, 4.69) is 23.4 Å². The number of hydrogen-bond acceptors (Lipinski definition) is 4. The van der Waals surface area contributed by atoms with Crippen molar-refractivity contribution in [2.45, 2.75) is 50.3 Å². The SMILES string of the molecule is Cc1ccc(S(=O)(=O)N2CCC(Cn3ccnc3C(C)C)CC2)s1. The molecular weight excluding hydrogens is 342 g/mol. The number of nitrogens with zero attached hydrogens (tertiary/aromatic N) is 3. The summed E-state index contributed by atoms with van der Waals surface area (Å²) in [5, 5.41) is 0. The van der Waals surface area contributed by atoms with Gasteiger partial charge in [-0.25, -0.2) is 13.4 Å². The van der Waals surface area contributed by atoms with Crippen molar-refractivity contribution in [1.82, 2.24) is 13.9 Å². The molecule has 1 aliphatic heterocycles. The lowest BCUT2D eigenvalue weighted by Crippen LogP contribution is -2.39. The predicted octanol–water partition coefficient (Wildman–Crippen LogP) is 3.48. The van der Waals surface area contributed by atoms with E-state index in [0.29, 0.717) is 29.1 Å². The van der Waals surface area contributed by atoms with Crippen molar-refractivity contribution in [2.24, 2.45) is 5.92 Å². The smallest absolute Gasteiger partial charge is 0.252 e. The van der Waals surface area contributed by atoms with Crippen LogP contribution in [0.15, 0.2) is 28.7 Å². The van der Waals surface area contributed by atoms with Crippen LogP contribution < -0.4 is 0 Å². The zero-order chi connectivity index (χ0) is 17.3. The van der Waals surface area contributed by atoms with E-state index in [0.717, 1.165) is 30.1 Å². The summed E-state index contributed by atoms with van der Waals surface area (Å²) in [6, 6.07) is 3.60. The highest BCUT2D eigenvalue weighted by molar-refractivity contribution is 7.91. The topological polar surface area (TPSA) is 55.2 Å². The van der Waals surface area contributed by atoms with Gasteiger partial charge in [0, 0.05) is 42.8 Å². The molecule has 24 heavy (non-hydrogen) atoms. The summed E-state index contributed by atoms with van der Waals surface area (Å²) < 4.78 is 29.7. The van der Waals surface area contributed by atoms with Crippen LogP contribution in [0.2, 0.25) is 0 Å². The van der Waals surface area contributed by atoms with E-state index < -0.39 is 10.0 Å². The molecule has 3 rings (SSSR count). The molecular formula is C17H25N3O2S2. The highest BCUT2D eigenvalue weighted by Gasteiger charge is 2.30. The Morgan fingerprint density at radius 3 is 2.58 bits per heavy atom. The molecule has 0 radical (unpaired) electrons. The van der Waals surface area contributed by atoms with E-state index in [9.17, 15) is 8.42 Å². The summed E-state index contributed by atoms with van der Waals surface area (Å²) in [6.45, 7) is 8.38. The van der Waals surface area contributed by atoms with Gasteiger partial charge < -0.3 is 4.57 Å². The molecule has 0 bridgehead atoms. The minimum atomic E-state index is -3.32. The van der Waals surface area contributed by atoms with Gasteiger partial charge in [0.05, 0.1) is 0 Å². The average Bonchev–Trinajstić information content (AvgIpc) is 3.17. The number of rotatable bonds is 5. The van der Waals surface area contributed by atoms with Crippen LogP contribution in [-0.2, 0) is 16.6 Å². The maximum absolute atomic E-state index is 12.7. The molecule has 0 unspecified atom stereocenters. The Balaban J connectivity index is 1.62. The Hall–Kier alpha value is -1.18. The summed E-state index contributed by atoms with van der Waals surface area (Å²) in [5.74, 6) is 2.02. The first-order valence-corrected chi connectivity index (χ1v) is 10.7. The normalized spacial score (nSPS) is 17.7. The van der Waals surface area contributed by atoms with Crippen molar-refractivity contribution in [3.8, 4) is 0 Å². The summed E-state index contributed by atoms with van der Waals surface area (Å²) in [6.07, 6.45) is 5.69. The Morgan fingerprint density at radius 2 is 2.00 bits per heavy atom. The Kier molecular flexibility index (Phi) is 5.13. The number of imidazole rings is 1. The number of aryl methyl sites for hydroxylation is 1. The maximum atomic E-state index is 12.7. The minimum Gasteiger partial charge on any atom is -0.334 e. The van der Waals surface area contributed by atoms with E-state index in [1.165, 1.54) is 11.3 Å². The Labute approximate surface area is 148 Å². The van der Waals surface area contributed by atoms with Crippen molar-refractivity contribution in [1.29, 1.82) is 0 Å². The number of sulfonamides is 1. The van der Waals surface area contributed by atoms with Crippen LogP contribution in [0, 0.1) is 12.8 Å². The number of thiophene rings is 1. The van der Waals surface area contributed by atoms with Crippen LogP contribution in [0.5, 0.6) is 0 Å². The van der Waals surface area contributed by atoms with Crippen molar-refractivity contribution in [2.75, 3.05) is 13.1 Å². The molecule has 7 heteroatoms. The van der Waals surface area contributed by atoms with Crippen LogP contribution in [0.4, 0.5) is 0 Å². The molecule has 0 saturated carbocycles. The zero-order valence-corrected chi connectivity index (χ0v) is 16.1. The third-order valence-electron chi connectivity index (χ3n) is 4.60. The van der Waals surface area contributed by atoms with Gasteiger partial charge in [-0.2, -0.15) is 4.31 Å². The summed E-state index contributed by atoms with van der Waals surface area (Å²) in [4.78, 5) is 5.47. The Morgan fingerprint density at radius 1 is 1.29 bits per heavy atom. The second-order valence-corrected chi connectivity index (χ2v) is 10.3. The molecule has 132 valence electrons. The molecule has 1 saturated heterocycles. The lowest BCUT2D eigenvalue weighted by molar-refractivity contribution is 0.251. The number of hydrogen-bond donors (Lipinski definition) is 0. The van der Waals surface area contributed by atoms with Crippen LogP contribution in [0.1, 0.15) is 43.3 Å². The summed E-state index contributed by atoms with van der Waals surface area (Å²) in [7, 11) is -3.32. The Bertz CT molecular complexity index is 784. The van der Waals surface area contributed by atoms with Gasteiger partial charge in [0.2, 0.25) is 0 Å². The van der Waals surface area contributed by atoms with Gasteiger partial charge in [-0.3, -0.25) is 0 Å². The monoisotopic (exact) mass is 367 g/mol. The quantitative estimate of drug-likeness (QED) is 0.813. The van der Waals surface area contributed by atoms with E-state index >= 15 is 0 Å². The van der Waals surface area contributed by atoms with Crippen LogP contribution in [-0.4, -0.2) is 35.4 Å². The van der Waals surface area contributed by atoms with Gasteiger partial charge in [-0.1, -0.05) is 13.8 Å². The standard InChI is InChI=1S/C17H25N3O2S2/c1-13(2)17-18-8-11-19(17)12-15-6-9-20(10-7-15)24(21,22)16-5-4-14(3)23-16/h4-5,8,11,13,15H,6-7,9-10,12H2,1-3H3. The largest absolute Gasteiger partial charge is 0.334 e. The van der Waals surface area contributed by atoms with Crippen LogP contribution in [0.25, 0.3) is 0 Å². The van der Waals surface area contributed by atoms with Crippen molar-refractivity contribution >= 4 is 21.4 Å². The van der Waals surface area contributed by atoms with Crippen molar-refractivity contribution in [3.05, 3.63) is 35.2 Å². The van der Waals surface area contributed by atoms with Crippen LogP contribution in [0.3, 0.4) is 0 Å². The van der Waals surface area contributed by atoms with Gasteiger partial charge in [0.1, 0.15) is 10.0 Å². The maximum Gasteiger partial charge on any atom is 0.252 e. The first-order valence-electron chi connectivity index (χ1n) is 8.45. The molecule has 2 aromatic rings. The molecule has 0 aliphatic carbocycles. The van der Waals surface area contributed by atoms with Crippen LogP contribution >= 0.6 is 11.3 Å². The predicted molar refractivity (Wildman–Crippen MR) is 96.9 cm³/mol. The molecule has 1 aliphatic rings. The molecule has 0 spiro atoms. The van der Waals surface area contributed by atoms with Gasteiger partial charge >= 0.3 is 0 Å². The highest BCUT2D eigenvalue weighted by atomic mass is 32.2. The fraction of sp³-hybridized carbons (Fsp3) is 0.588. The van der Waals surface area contributed by atoms with E-state index in [1.807, 2.05) is 25.4 Å². The average molecular weight is 368 g/mol. The molecule has 0 amide bonds. The van der Waals surface area contributed by atoms with Gasteiger partial charge in [-0.05, 0) is 37.8 Å². The van der Waals surface area contributed by atoms with Crippen molar-refractivity contribution < 1.29 is 8.42 Å². The lowest BCUT2D eigenvalue weighted by atomic mass is 9.98.